The Kier molecular flexibility index (Phi) is 4.76. The highest BCUT2D eigenvalue weighted by atomic mass is 79.9. The number of nitrogens with one attached hydrogen (secondary N) is 1. The van der Waals surface area contributed by atoms with Crippen molar-refractivity contribution in [3.8, 4) is 5.75 Å². The first-order chi connectivity index (χ1) is 7.54. The summed E-state index contributed by atoms with van der Waals surface area (Å²) in [5, 5.41) is 2.49. The van der Waals surface area contributed by atoms with Gasteiger partial charge in [-0.05, 0) is 25.1 Å². The van der Waals surface area contributed by atoms with Crippen molar-refractivity contribution in [2.45, 2.75) is 13.0 Å². The second-order valence-corrected chi connectivity index (χ2v) is 4.35. The number of hydrogen-bond acceptors (Lipinski definition) is 3. The van der Waals surface area contributed by atoms with Gasteiger partial charge in [-0.15, -0.1) is 0 Å². The number of nitrogens with two attached hydrogens (primary N) is 1. The molecule has 0 aliphatic rings. The summed E-state index contributed by atoms with van der Waals surface area (Å²) in [4.78, 5) is 11.1. The maximum atomic E-state index is 11.1. The molecule has 88 valence electrons. The molecule has 0 radical (unpaired) electrons. The number of amides is 1. The molecule has 1 aromatic carbocycles. The molecule has 0 saturated carbocycles. The van der Waals surface area contributed by atoms with Crippen molar-refractivity contribution in [2.75, 3.05) is 13.7 Å². The third kappa shape index (κ3) is 3.50. The molecule has 0 heterocycles. The van der Waals surface area contributed by atoms with Gasteiger partial charge in [0.05, 0.1) is 0 Å². The van der Waals surface area contributed by atoms with Gasteiger partial charge in [0, 0.05) is 23.1 Å². The largest absolute Gasteiger partial charge is 0.483 e. The lowest BCUT2D eigenvalue weighted by Crippen LogP contribution is -2.25. The molecular formula is C11H15BrN2O2. The fourth-order valence-electron chi connectivity index (χ4n) is 1.22. The van der Waals surface area contributed by atoms with Gasteiger partial charge in [0.15, 0.2) is 6.61 Å². The molecule has 0 saturated heterocycles. The van der Waals surface area contributed by atoms with Crippen LogP contribution in [0.15, 0.2) is 22.7 Å². The van der Waals surface area contributed by atoms with Crippen LogP contribution in [0.3, 0.4) is 0 Å². The van der Waals surface area contributed by atoms with Gasteiger partial charge in [0.1, 0.15) is 5.75 Å². The quantitative estimate of drug-likeness (QED) is 0.884. The lowest BCUT2D eigenvalue weighted by atomic mass is 10.1. The lowest BCUT2D eigenvalue weighted by Gasteiger charge is -2.13. The highest BCUT2D eigenvalue weighted by Crippen LogP contribution is 2.27. The summed E-state index contributed by atoms with van der Waals surface area (Å²) in [6, 6.07) is 5.40. The number of carbonyl (C=O) groups is 1. The normalized spacial score (nSPS) is 12.0. The van der Waals surface area contributed by atoms with E-state index in [0.717, 1.165) is 10.0 Å². The van der Waals surface area contributed by atoms with Crippen LogP contribution in [0.25, 0.3) is 0 Å². The SMILES string of the molecule is CNC(=O)COc1ccc(Br)cc1[C@@H](C)N. The average Bonchev–Trinajstić information content (AvgIpc) is 2.26. The van der Waals surface area contributed by atoms with Crippen LogP contribution in [-0.2, 0) is 4.79 Å². The molecule has 0 aromatic heterocycles. The van der Waals surface area contributed by atoms with E-state index in [0.29, 0.717) is 5.75 Å². The van der Waals surface area contributed by atoms with Crippen LogP contribution in [0.5, 0.6) is 5.75 Å². The van der Waals surface area contributed by atoms with Crippen molar-refractivity contribution in [3.05, 3.63) is 28.2 Å². The van der Waals surface area contributed by atoms with Gasteiger partial charge in [0.2, 0.25) is 0 Å². The third-order valence-corrected chi connectivity index (χ3v) is 2.59. The summed E-state index contributed by atoms with van der Waals surface area (Å²) < 4.78 is 6.33. The van der Waals surface area contributed by atoms with Crippen molar-refractivity contribution in [3.63, 3.8) is 0 Å². The van der Waals surface area contributed by atoms with E-state index < -0.39 is 0 Å². The first kappa shape index (κ1) is 13.0. The van der Waals surface area contributed by atoms with Crippen LogP contribution in [0.4, 0.5) is 0 Å². The van der Waals surface area contributed by atoms with E-state index in [1.807, 2.05) is 19.1 Å². The van der Waals surface area contributed by atoms with Gasteiger partial charge < -0.3 is 15.8 Å². The molecule has 1 amide bonds. The zero-order chi connectivity index (χ0) is 12.1. The Morgan fingerprint density at radius 2 is 2.31 bits per heavy atom. The Morgan fingerprint density at radius 3 is 2.88 bits per heavy atom. The van der Waals surface area contributed by atoms with E-state index in [-0.39, 0.29) is 18.6 Å². The molecule has 5 heteroatoms. The zero-order valence-electron chi connectivity index (χ0n) is 9.29. The standard InChI is InChI=1S/C11H15BrN2O2/c1-7(13)9-5-8(12)3-4-10(9)16-6-11(15)14-2/h3-5,7H,6,13H2,1-2H3,(H,14,15)/t7-/m1/s1. The van der Waals surface area contributed by atoms with Gasteiger partial charge in [-0.3, -0.25) is 4.79 Å². The van der Waals surface area contributed by atoms with Gasteiger partial charge >= 0.3 is 0 Å². The van der Waals surface area contributed by atoms with Crippen LogP contribution in [0, 0.1) is 0 Å². The number of carbonyl (C=O) groups excluding carboxylic acids is 1. The van der Waals surface area contributed by atoms with Gasteiger partial charge in [0.25, 0.3) is 5.91 Å². The molecule has 0 spiro atoms. The molecule has 0 aliphatic carbocycles. The topological polar surface area (TPSA) is 64.3 Å². The number of rotatable bonds is 4. The van der Waals surface area contributed by atoms with Crippen molar-refractivity contribution >= 4 is 21.8 Å². The summed E-state index contributed by atoms with van der Waals surface area (Å²) in [6.07, 6.45) is 0. The maximum Gasteiger partial charge on any atom is 0.257 e. The molecule has 3 N–H and O–H groups in total. The molecule has 0 unspecified atom stereocenters. The van der Waals surface area contributed by atoms with Crippen molar-refractivity contribution in [2.24, 2.45) is 5.73 Å². The molecule has 1 aromatic rings. The summed E-state index contributed by atoms with van der Waals surface area (Å²) in [5.74, 6) is 0.473. The second kappa shape index (κ2) is 5.86. The molecular weight excluding hydrogens is 272 g/mol. The van der Waals surface area contributed by atoms with Gasteiger partial charge in [-0.2, -0.15) is 0 Å². The molecule has 4 nitrogen and oxygen atoms in total. The lowest BCUT2D eigenvalue weighted by molar-refractivity contribution is -0.122. The van der Waals surface area contributed by atoms with E-state index >= 15 is 0 Å². The molecule has 0 bridgehead atoms. The minimum atomic E-state index is -0.168. The van der Waals surface area contributed by atoms with E-state index in [4.69, 9.17) is 10.5 Å². The van der Waals surface area contributed by atoms with E-state index in [9.17, 15) is 4.79 Å². The second-order valence-electron chi connectivity index (χ2n) is 3.43. The van der Waals surface area contributed by atoms with E-state index in [1.54, 1.807) is 13.1 Å². The minimum Gasteiger partial charge on any atom is -0.483 e. The van der Waals surface area contributed by atoms with Crippen molar-refractivity contribution < 1.29 is 9.53 Å². The van der Waals surface area contributed by atoms with Crippen LogP contribution in [-0.4, -0.2) is 19.6 Å². The number of halogens is 1. The van der Waals surface area contributed by atoms with Crippen molar-refractivity contribution in [1.82, 2.24) is 5.32 Å². The number of benzene rings is 1. The van der Waals surface area contributed by atoms with E-state index in [2.05, 4.69) is 21.2 Å². The average molecular weight is 287 g/mol. The molecule has 1 atom stereocenters. The Labute approximate surface area is 103 Å². The Balaban J connectivity index is 2.82. The number of likely N-dealkylation sites (N-methyl/N-ethyl adjacent to an activating group) is 1. The molecule has 0 aliphatic heterocycles. The fraction of sp³-hybridized carbons (Fsp3) is 0.364. The molecule has 0 fully saturated rings. The van der Waals surface area contributed by atoms with E-state index in [1.165, 1.54) is 0 Å². The zero-order valence-corrected chi connectivity index (χ0v) is 10.9. The Bertz CT molecular complexity index is 380. The minimum absolute atomic E-state index is 0.00213. The number of ether oxygens (including phenoxy) is 1. The van der Waals surface area contributed by atoms with Crippen molar-refractivity contribution in [1.29, 1.82) is 0 Å². The fourth-order valence-corrected chi connectivity index (χ4v) is 1.60. The summed E-state index contributed by atoms with van der Waals surface area (Å²) >= 11 is 3.37. The highest BCUT2D eigenvalue weighted by molar-refractivity contribution is 9.10. The third-order valence-electron chi connectivity index (χ3n) is 2.10. The summed E-state index contributed by atoms with van der Waals surface area (Å²) in [6.45, 7) is 1.87. The maximum absolute atomic E-state index is 11.1. The highest BCUT2D eigenvalue weighted by Gasteiger charge is 2.10. The van der Waals surface area contributed by atoms with Gasteiger partial charge in [-0.25, -0.2) is 0 Å². The Morgan fingerprint density at radius 1 is 1.62 bits per heavy atom. The van der Waals surface area contributed by atoms with Crippen LogP contribution in [0.2, 0.25) is 0 Å². The van der Waals surface area contributed by atoms with Gasteiger partial charge in [-0.1, -0.05) is 15.9 Å². The molecule has 1 rings (SSSR count). The first-order valence-electron chi connectivity index (χ1n) is 4.93. The van der Waals surface area contributed by atoms with Crippen LogP contribution >= 0.6 is 15.9 Å². The first-order valence-corrected chi connectivity index (χ1v) is 5.72. The summed E-state index contributed by atoms with van der Waals surface area (Å²) in [7, 11) is 1.57. The monoisotopic (exact) mass is 286 g/mol. The predicted molar refractivity (Wildman–Crippen MR) is 66.3 cm³/mol. The van der Waals surface area contributed by atoms with Crippen LogP contribution < -0.4 is 15.8 Å². The Hall–Kier alpha value is -1.07. The summed E-state index contributed by atoms with van der Waals surface area (Å²) in [5.41, 5.74) is 6.69. The smallest absolute Gasteiger partial charge is 0.257 e. The predicted octanol–water partition coefficient (Wildman–Crippen LogP) is 1.59. The van der Waals surface area contributed by atoms with Crippen LogP contribution in [0.1, 0.15) is 18.5 Å². The molecule has 16 heavy (non-hydrogen) atoms. The number of hydrogen-bond donors (Lipinski definition) is 2.